The number of nitrogens with one attached hydrogen (secondary N) is 2. The third kappa shape index (κ3) is 5.12. The van der Waals surface area contributed by atoms with Gasteiger partial charge in [-0.25, -0.2) is 18.6 Å². The summed E-state index contributed by atoms with van der Waals surface area (Å²) in [6, 6.07) is 1.57. The maximum absolute atomic E-state index is 12.4. The molecule has 0 saturated heterocycles. The molecule has 0 spiro atoms. The molecule has 7 heteroatoms. The summed E-state index contributed by atoms with van der Waals surface area (Å²) in [4.78, 5) is 19.8. The van der Waals surface area contributed by atoms with E-state index in [0.717, 1.165) is 6.07 Å². The number of hydrogen-bond acceptors (Lipinski definition) is 3. The van der Waals surface area contributed by atoms with Gasteiger partial charge >= 0.3 is 0 Å². The fourth-order valence-corrected chi connectivity index (χ4v) is 0.808. The van der Waals surface area contributed by atoms with Crippen LogP contribution in [0.25, 0.3) is 0 Å². The van der Waals surface area contributed by atoms with Gasteiger partial charge in [-0.05, 0) is 12.1 Å². The van der Waals surface area contributed by atoms with E-state index < -0.39 is 23.0 Å². The third-order valence-electron chi connectivity index (χ3n) is 1.49. The lowest BCUT2D eigenvalue weighted by atomic mass is 10.2. The van der Waals surface area contributed by atoms with Crippen LogP contribution in [0.4, 0.5) is 13.2 Å². The zero-order valence-electron chi connectivity index (χ0n) is 9.18. The maximum Gasteiger partial charge on any atom is 0.230 e. The van der Waals surface area contributed by atoms with Crippen LogP contribution in [0.15, 0.2) is 12.1 Å². The number of carbonyl (C=O) groups excluding carboxylic acids is 2. The van der Waals surface area contributed by atoms with Crippen LogP contribution in [0.1, 0.15) is 17.3 Å². The Hall–Kier alpha value is -1.89. The first-order valence-electron chi connectivity index (χ1n) is 4.46. The van der Waals surface area contributed by atoms with Gasteiger partial charge in [0, 0.05) is 14.0 Å². The molecule has 0 bridgehead atoms. The molecule has 94 valence electrons. The van der Waals surface area contributed by atoms with Crippen molar-refractivity contribution in [2.45, 2.75) is 6.92 Å². The lowest BCUT2D eigenvalue weighted by Crippen LogP contribution is -2.31. The van der Waals surface area contributed by atoms with Crippen molar-refractivity contribution in [1.29, 1.82) is 0 Å². The Morgan fingerprint density at radius 1 is 1.24 bits per heavy atom. The van der Waals surface area contributed by atoms with Crippen molar-refractivity contribution in [3.63, 3.8) is 0 Å². The highest BCUT2D eigenvalue weighted by Crippen LogP contribution is 2.12. The molecule has 0 aliphatic rings. The molecule has 0 heterocycles. The average Bonchev–Trinajstić information content (AvgIpc) is 2.27. The zero-order chi connectivity index (χ0) is 13.4. The van der Waals surface area contributed by atoms with Crippen LogP contribution >= 0.6 is 0 Å². The maximum atomic E-state index is 12.4. The van der Waals surface area contributed by atoms with Crippen molar-refractivity contribution in [3.05, 3.63) is 35.1 Å². The van der Waals surface area contributed by atoms with Gasteiger partial charge in [-0.15, -0.1) is 0 Å². The predicted octanol–water partition coefficient (Wildman–Crippen LogP) is 1.17. The summed E-state index contributed by atoms with van der Waals surface area (Å²) < 4.78 is 36.9. The first kappa shape index (κ1) is 15.1. The molecular weight excluding hydrogens is 237 g/mol. The van der Waals surface area contributed by atoms with Crippen LogP contribution < -0.4 is 10.9 Å². The number of benzene rings is 1. The van der Waals surface area contributed by atoms with Gasteiger partial charge in [0.05, 0.1) is 5.56 Å². The molecule has 0 aliphatic heterocycles. The van der Waals surface area contributed by atoms with Gasteiger partial charge in [-0.3, -0.25) is 15.0 Å². The monoisotopic (exact) mass is 248 g/mol. The van der Waals surface area contributed by atoms with Gasteiger partial charge < -0.3 is 0 Å². The summed E-state index contributed by atoms with van der Waals surface area (Å²) in [6.45, 7) is 1.44. The summed E-state index contributed by atoms with van der Waals surface area (Å²) in [5.41, 5.74) is 4.30. The minimum Gasteiger partial charge on any atom is -0.298 e. The van der Waals surface area contributed by atoms with E-state index in [4.69, 9.17) is 0 Å². The zero-order valence-corrected chi connectivity index (χ0v) is 9.18. The molecule has 2 N–H and O–H groups in total. The van der Waals surface area contributed by atoms with Crippen LogP contribution in [0.3, 0.4) is 0 Å². The van der Waals surface area contributed by atoms with Gasteiger partial charge in [-0.2, -0.15) is 0 Å². The molecule has 0 aliphatic carbocycles. The van der Waals surface area contributed by atoms with Crippen molar-refractivity contribution < 1.29 is 22.8 Å². The smallest absolute Gasteiger partial charge is 0.230 e. The molecule has 1 aromatic rings. The third-order valence-corrected chi connectivity index (χ3v) is 1.49. The number of hydrazine groups is 1. The minimum atomic E-state index is -1.62. The van der Waals surface area contributed by atoms with Gasteiger partial charge in [0.15, 0.2) is 23.7 Å². The van der Waals surface area contributed by atoms with E-state index in [-0.39, 0.29) is 12.2 Å². The molecule has 17 heavy (non-hydrogen) atoms. The highest BCUT2D eigenvalue weighted by molar-refractivity contribution is 5.75. The van der Waals surface area contributed by atoms with Crippen molar-refractivity contribution >= 4 is 12.2 Å². The van der Waals surface area contributed by atoms with Crippen molar-refractivity contribution in [3.8, 4) is 0 Å². The lowest BCUT2D eigenvalue weighted by molar-refractivity contribution is -0.119. The van der Waals surface area contributed by atoms with Gasteiger partial charge in [0.25, 0.3) is 0 Å². The molecule has 0 fully saturated rings. The second-order valence-corrected chi connectivity index (χ2v) is 2.81. The van der Waals surface area contributed by atoms with E-state index in [1.165, 1.54) is 6.92 Å². The van der Waals surface area contributed by atoms with E-state index in [1.54, 1.807) is 7.05 Å². The summed E-state index contributed by atoms with van der Waals surface area (Å²) in [7, 11) is 1.64. The largest absolute Gasteiger partial charge is 0.298 e. The molecule has 4 nitrogen and oxygen atoms in total. The average molecular weight is 248 g/mol. The summed E-state index contributed by atoms with van der Waals surface area (Å²) in [5.74, 6) is -4.43. The molecule has 1 aromatic carbocycles. The van der Waals surface area contributed by atoms with Crippen molar-refractivity contribution in [2.75, 3.05) is 7.05 Å². The van der Waals surface area contributed by atoms with Gasteiger partial charge in [0.2, 0.25) is 5.91 Å². The van der Waals surface area contributed by atoms with Gasteiger partial charge in [-0.1, -0.05) is 0 Å². The number of aldehydes is 1. The van der Waals surface area contributed by atoms with E-state index in [2.05, 4.69) is 10.9 Å². The predicted molar refractivity (Wildman–Crippen MR) is 54.6 cm³/mol. The molecule has 0 unspecified atom stereocenters. The fraction of sp³-hybridized carbons (Fsp3) is 0.200. The van der Waals surface area contributed by atoms with Crippen molar-refractivity contribution in [1.82, 2.24) is 10.9 Å². The molecule has 1 rings (SSSR count). The second-order valence-electron chi connectivity index (χ2n) is 2.81. The van der Waals surface area contributed by atoms with E-state index in [1.807, 2.05) is 0 Å². The number of carbonyl (C=O) groups is 2. The molecular formula is C10H11F3N2O2. The minimum absolute atomic E-state index is 0.0718. The molecule has 0 saturated carbocycles. The number of amides is 1. The Kier molecular flexibility index (Phi) is 6.57. The van der Waals surface area contributed by atoms with E-state index in [0.29, 0.717) is 6.07 Å². The standard InChI is InChI=1S/C7H3F3O.C3H8N2O/c8-5-2-1-4(3-11)6(9)7(5)10;1-3(6)5-4-2/h1-3H;4H,1-2H3,(H,5,6). The second kappa shape index (κ2) is 7.39. The Morgan fingerprint density at radius 2 is 1.82 bits per heavy atom. The Balaban J connectivity index is 0.000000366. The fourth-order valence-electron chi connectivity index (χ4n) is 0.808. The van der Waals surface area contributed by atoms with Crippen LogP contribution in [0, 0.1) is 17.5 Å². The lowest BCUT2D eigenvalue weighted by Gasteiger charge is -1.95. The number of halogens is 3. The highest BCUT2D eigenvalue weighted by Gasteiger charge is 2.11. The van der Waals surface area contributed by atoms with Crippen LogP contribution in [-0.2, 0) is 4.79 Å². The molecule has 0 radical (unpaired) electrons. The van der Waals surface area contributed by atoms with Crippen LogP contribution in [0.5, 0.6) is 0 Å². The Labute approximate surface area is 95.8 Å². The summed E-state index contributed by atoms with van der Waals surface area (Å²) in [6.07, 6.45) is 0.123. The number of hydrogen-bond donors (Lipinski definition) is 2. The van der Waals surface area contributed by atoms with Crippen LogP contribution in [-0.4, -0.2) is 19.2 Å². The number of rotatable bonds is 2. The topological polar surface area (TPSA) is 58.2 Å². The summed E-state index contributed by atoms with van der Waals surface area (Å²) >= 11 is 0. The Morgan fingerprint density at radius 3 is 2.18 bits per heavy atom. The first-order chi connectivity index (χ1) is 7.93. The Bertz CT molecular complexity index is 411. The molecule has 1 amide bonds. The summed E-state index contributed by atoms with van der Waals surface area (Å²) in [5, 5.41) is 0. The van der Waals surface area contributed by atoms with Crippen LogP contribution in [0.2, 0.25) is 0 Å². The van der Waals surface area contributed by atoms with E-state index >= 15 is 0 Å². The van der Waals surface area contributed by atoms with Crippen molar-refractivity contribution in [2.24, 2.45) is 0 Å². The van der Waals surface area contributed by atoms with Gasteiger partial charge in [0.1, 0.15) is 0 Å². The molecule has 0 atom stereocenters. The normalized spacial score (nSPS) is 9.00. The quantitative estimate of drug-likeness (QED) is 0.469. The SMILES string of the molecule is CNNC(C)=O.O=Cc1ccc(F)c(F)c1F. The molecule has 0 aromatic heterocycles. The highest BCUT2D eigenvalue weighted by atomic mass is 19.2. The van der Waals surface area contributed by atoms with E-state index in [9.17, 15) is 22.8 Å². The first-order valence-corrected chi connectivity index (χ1v) is 4.46.